The predicted octanol–water partition coefficient (Wildman–Crippen LogP) is 3.55. The van der Waals surface area contributed by atoms with E-state index in [9.17, 15) is 14.0 Å². The standard InChI is InChI=1S/C24H25FN6O3/c1-34-20-5-3-2-4-18(20)21(32)19-14-27-23(30-22(19)26)28-17-10-12-31(13-11-17)24(33)29-16-8-6-15(25)7-9-16/h2-9,14,17H,10-13H2,1H3,(H,29,33)(H3,26,27,28,30). The Bertz CT molecular complexity index is 1180. The van der Waals surface area contributed by atoms with Gasteiger partial charge >= 0.3 is 6.03 Å². The largest absolute Gasteiger partial charge is 0.496 e. The molecule has 3 aromatic rings. The SMILES string of the molecule is COc1ccccc1C(=O)c1cnc(NC2CCN(C(=O)Nc3ccc(F)cc3)CC2)nc1N. The molecular formula is C24H25FN6O3. The Morgan fingerprint density at radius 1 is 1.09 bits per heavy atom. The number of nitrogens with zero attached hydrogens (tertiary/aromatic N) is 3. The summed E-state index contributed by atoms with van der Waals surface area (Å²) in [6, 6.07) is 12.3. The molecule has 1 aliphatic heterocycles. The van der Waals surface area contributed by atoms with E-state index >= 15 is 0 Å². The molecule has 0 spiro atoms. The van der Waals surface area contributed by atoms with Crippen LogP contribution in [0.3, 0.4) is 0 Å². The van der Waals surface area contributed by atoms with E-state index in [1.807, 2.05) is 0 Å². The molecule has 0 radical (unpaired) electrons. The number of halogens is 1. The zero-order valence-electron chi connectivity index (χ0n) is 18.6. The minimum absolute atomic E-state index is 0.0463. The zero-order chi connectivity index (χ0) is 24.1. The van der Waals surface area contributed by atoms with Crippen LogP contribution in [0.2, 0.25) is 0 Å². The maximum Gasteiger partial charge on any atom is 0.321 e. The number of nitrogens with one attached hydrogen (secondary N) is 2. The summed E-state index contributed by atoms with van der Waals surface area (Å²) in [5.74, 6) is 0.170. The summed E-state index contributed by atoms with van der Waals surface area (Å²) in [4.78, 5) is 35.5. The highest BCUT2D eigenvalue weighted by Crippen LogP contribution is 2.24. The van der Waals surface area contributed by atoms with Gasteiger partial charge in [-0.05, 0) is 49.2 Å². The van der Waals surface area contributed by atoms with Gasteiger partial charge < -0.3 is 26.0 Å². The van der Waals surface area contributed by atoms with Gasteiger partial charge in [-0.3, -0.25) is 4.79 Å². The van der Waals surface area contributed by atoms with Crippen LogP contribution in [0.5, 0.6) is 5.75 Å². The number of rotatable bonds is 6. The minimum atomic E-state index is -0.357. The van der Waals surface area contributed by atoms with Crippen LogP contribution in [0.15, 0.2) is 54.7 Å². The quantitative estimate of drug-likeness (QED) is 0.477. The number of amides is 2. The van der Waals surface area contributed by atoms with Crippen LogP contribution in [0, 0.1) is 5.82 Å². The molecule has 34 heavy (non-hydrogen) atoms. The number of hydrogen-bond acceptors (Lipinski definition) is 7. The van der Waals surface area contributed by atoms with Crippen molar-refractivity contribution in [1.82, 2.24) is 14.9 Å². The maximum absolute atomic E-state index is 13.0. The highest BCUT2D eigenvalue weighted by atomic mass is 19.1. The van der Waals surface area contributed by atoms with Crippen LogP contribution in [-0.2, 0) is 0 Å². The molecule has 2 amide bonds. The van der Waals surface area contributed by atoms with E-state index < -0.39 is 0 Å². The molecule has 9 nitrogen and oxygen atoms in total. The third-order valence-electron chi connectivity index (χ3n) is 5.63. The molecule has 1 saturated heterocycles. The Morgan fingerprint density at radius 2 is 1.79 bits per heavy atom. The first kappa shape index (κ1) is 23.0. The predicted molar refractivity (Wildman–Crippen MR) is 127 cm³/mol. The summed E-state index contributed by atoms with van der Waals surface area (Å²) >= 11 is 0. The number of carbonyl (C=O) groups is 2. The molecule has 0 aliphatic carbocycles. The Morgan fingerprint density at radius 3 is 2.47 bits per heavy atom. The smallest absolute Gasteiger partial charge is 0.321 e. The average molecular weight is 465 g/mol. The van der Waals surface area contributed by atoms with E-state index in [1.54, 1.807) is 29.2 Å². The Hall–Kier alpha value is -4.21. The van der Waals surface area contributed by atoms with Gasteiger partial charge in [-0.2, -0.15) is 4.98 Å². The number of ether oxygens (including phenoxy) is 1. The molecule has 176 valence electrons. The third-order valence-corrected chi connectivity index (χ3v) is 5.63. The fraction of sp³-hybridized carbons (Fsp3) is 0.250. The van der Waals surface area contributed by atoms with Crippen LogP contribution >= 0.6 is 0 Å². The van der Waals surface area contributed by atoms with E-state index in [4.69, 9.17) is 10.5 Å². The number of urea groups is 1. The number of anilines is 3. The molecule has 2 aromatic carbocycles. The first-order valence-electron chi connectivity index (χ1n) is 10.8. The van der Waals surface area contributed by atoms with Gasteiger partial charge in [0.15, 0.2) is 0 Å². The number of carbonyl (C=O) groups excluding carboxylic acids is 2. The van der Waals surface area contributed by atoms with Crippen molar-refractivity contribution >= 4 is 29.3 Å². The summed E-state index contributed by atoms with van der Waals surface area (Å²) in [6.45, 7) is 1.06. The van der Waals surface area contributed by atoms with Crippen LogP contribution < -0.4 is 21.1 Å². The van der Waals surface area contributed by atoms with Gasteiger partial charge in [-0.15, -0.1) is 0 Å². The first-order chi connectivity index (χ1) is 16.4. The summed E-state index contributed by atoms with van der Waals surface area (Å²) in [6.07, 6.45) is 2.77. The molecule has 0 unspecified atom stereocenters. The van der Waals surface area contributed by atoms with Crippen LogP contribution in [-0.4, -0.2) is 52.9 Å². The fourth-order valence-corrected chi connectivity index (χ4v) is 3.76. The lowest BCUT2D eigenvalue weighted by Gasteiger charge is -2.32. The highest BCUT2D eigenvalue weighted by molar-refractivity contribution is 6.13. The lowest BCUT2D eigenvalue weighted by Crippen LogP contribution is -2.44. The van der Waals surface area contributed by atoms with Gasteiger partial charge in [0.1, 0.15) is 17.4 Å². The topological polar surface area (TPSA) is 122 Å². The third kappa shape index (κ3) is 5.22. The molecule has 0 saturated carbocycles. The van der Waals surface area contributed by atoms with Gasteiger partial charge in [0, 0.05) is 31.0 Å². The molecule has 4 N–H and O–H groups in total. The number of aromatic nitrogens is 2. The van der Waals surface area contributed by atoms with Crippen LogP contribution in [0.25, 0.3) is 0 Å². The Labute approximate surface area is 196 Å². The van der Waals surface area contributed by atoms with E-state index in [0.29, 0.717) is 48.9 Å². The van der Waals surface area contributed by atoms with Crippen molar-refractivity contribution in [2.45, 2.75) is 18.9 Å². The summed E-state index contributed by atoms with van der Waals surface area (Å²) < 4.78 is 18.3. The minimum Gasteiger partial charge on any atom is -0.496 e. The Balaban J connectivity index is 1.33. The fourth-order valence-electron chi connectivity index (χ4n) is 3.76. The van der Waals surface area contributed by atoms with Crippen molar-refractivity contribution in [2.75, 3.05) is 36.6 Å². The lowest BCUT2D eigenvalue weighted by atomic mass is 10.0. The van der Waals surface area contributed by atoms with Crippen molar-refractivity contribution in [3.63, 3.8) is 0 Å². The second kappa shape index (κ2) is 10.2. The molecule has 1 aliphatic rings. The number of hydrogen-bond donors (Lipinski definition) is 3. The van der Waals surface area contributed by atoms with Gasteiger partial charge in [0.05, 0.1) is 18.2 Å². The second-order valence-corrected chi connectivity index (χ2v) is 7.86. The van der Waals surface area contributed by atoms with Crippen molar-refractivity contribution in [1.29, 1.82) is 0 Å². The second-order valence-electron chi connectivity index (χ2n) is 7.86. The lowest BCUT2D eigenvalue weighted by molar-refractivity contribution is 0.103. The number of piperidine rings is 1. The number of benzene rings is 2. The van der Waals surface area contributed by atoms with Gasteiger partial charge in [0.2, 0.25) is 11.7 Å². The van der Waals surface area contributed by atoms with Crippen LogP contribution in [0.4, 0.5) is 26.6 Å². The van der Waals surface area contributed by atoms with Gasteiger partial charge in [-0.1, -0.05) is 12.1 Å². The molecule has 0 atom stereocenters. The molecular weight excluding hydrogens is 439 g/mol. The van der Waals surface area contributed by atoms with Crippen LogP contribution in [0.1, 0.15) is 28.8 Å². The summed E-state index contributed by atoms with van der Waals surface area (Å²) in [5, 5.41) is 5.99. The monoisotopic (exact) mass is 464 g/mol. The van der Waals surface area contributed by atoms with Gasteiger partial charge in [-0.25, -0.2) is 14.2 Å². The van der Waals surface area contributed by atoms with E-state index in [1.165, 1.54) is 37.6 Å². The van der Waals surface area contributed by atoms with Crippen molar-refractivity contribution in [3.8, 4) is 5.75 Å². The van der Waals surface area contributed by atoms with Gasteiger partial charge in [0.25, 0.3) is 0 Å². The van der Waals surface area contributed by atoms with E-state index in [0.717, 1.165) is 0 Å². The zero-order valence-corrected chi connectivity index (χ0v) is 18.6. The van der Waals surface area contributed by atoms with E-state index in [2.05, 4.69) is 20.6 Å². The van der Waals surface area contributed by atoms with Crippen molar-refractivity contribution < 1.29 is 18.7 Å². The molecule has 4 rings (SSSR count). The molecule has 1 fully saturated rings. The number of para-hydroxylation sites is 1. The highest BCUT2D eigenvalue weighted by Gasteiger charge is 2.24. The molecule has 2 heterocycles. The first-order valence-corrected chi connectivity index (χ1v) is 10.8. The summed E-state index contributed by atoms with van der Waals surface area (Å²) in [7, 11) is 1.50. The maximum atomic E-state index is 13.0. The Kier molecular flexibility index (Phi) is 6.86. The van der Waals surface area contributed by atoms with Crippen molar-refractivity contribution in [2.24, 2.45) is 0 Å². The normalized spacial score (nSPS) is 13.9. The number of ketones is 1. The number of nitrogens with two attached hydrogens (primary N) is 1. The summed E-state index contributed by atoms with van der Waals surface area (Å²) in [5.41, 5.74) is 7.18. The molecule has 10 heteroatoms. The van der Waals surface area contributed by atoms with Crippen molar-refractivity contribution in [3.05, 3.63) is 71.7 Å². The number of nitrogen functional groups attached to an aromatic ring is 1. The number of likely N-dealkylation sites (tertiary alicyclic amines) is 1. The van der Waals surface area contributed by atoms with E-state index in [-0.39, 0.29) is 35.1 Å². The molecule has 0 bridgehead atoms. The average Bonchev–Trinajstić information content (AvgIpc) is 2.85. The molecule has 1 aromatic heterocycles. The number of methoxy groups -OCH3 is 1.